The summed E-state index contributed by atoms with van der Waals surface area (Å²) in [5.41, 5.74) is 1.52. The van der Waals surface area contributed by atoms with E-state index in [1.807, 2.05) is 0 Å². The summed E-state index contributed by atoms with van der Waals surface area (Å²) in [6, 6.07) is 2.21. The first-order chi connectivity index (χ1) is 4.85. The molecule has 0 aliphatic heterocycles. The Bertz CT molecular complexity index is 213. The van der Waals surface area contributed by atoms with Crippen LogP contribution in [-0.4, -0.2) is 0 Å². The average Bonchev–Trinajstić information content (AvgIpc) is 2.30. The highest BCUT2D eigenvalue weighted by Crippen LogP contribution is 2.50. The zero-order valence-electron chi connectivity index (χ0n) is 6.06. The van der Waals surface area contributed by atoms with E-state index in [4.69, 9.17) is 5.26 Å². The molecule has 0 bridgehead atoms. The van der Waals surface area contributed by atoms with Crippen molar-refractivity contribution in [2.45, 2.75) is 32.1 Å². The summed E-state index contributed by atoms with van der Waals surface area (Å²) in [6.45, 7) is 0. The molecule has 0 unspecified atom stereocenters. The summed E-state index contributed by atoms with van der Waals surface area (Å²) in [6.07, 6.45) is 8.67. The minimum absolute atomic E-state index is 0.505. The number of rotatable bonds is 0. The van der Waals surface area contributed by atoms with Gasteiger partial charge in [-0.1, -0.05) is 18.9 Å². The molecule has 2 aliphatic rings. The van der Waals surface area contributed by atoms with Gasteiger partial charge in [0.15, 0.2) is 0 Å². The quantitative estimate of drug-likeness (QED) is 0.497. The molecule has 0 amide bonds. The number of allylic oxidation sites excluding steroid dienone is 2. The molecule has 0 aromatic carbocycles. The van der Waals surface area contributed by atoms with Crippen LogP contribution in [0, 0.1) is 16.7 Å². The Balaban J connectivity index is 2.12. The smallest absolute Gasteiger partial charge is 0.0944 e. The van der Waals surface area contributed by atoms with E-state index in [1.54, 1.807) is 0 Å². The highest BCUT2D eigenvalue weighted by atomic mass is 14.4. The van der Waals surface area contributed by atoms with Crippen LogP contribution in [0.2, 0.25) is 0 Å². The Kier molecular flexibility index (Phi) is 1.11. The zero-order valence-corrected chi connectivity index (χ0v) is 6.06. The number of hydrogen-bond donors (Lipinski definition) is 0. The highest BCUT2D eigenvalue weighted by Gasteiger charge is 2.38. The van der Waals surface area contributed by atoms with Gasteiger partial charge in [-0.2, -0.15) is 5.26 Å². The SMILES string of the molecule is N#CC1=CC2(CCCC2)C1. The van der Waals surface area contributed by atoms with Crippen molar-refractivity contribution in [1.82, 2.24) is 0 Å². The Hall–Kier alpha value is -0.770. The molecule has 1 fully saturated rings. The van der Waals surface area contributed by atoms with Crippen LogP contribution >= 0.6 is 0 Å². The maximum atomic E-state index is 8.51. The number of hydrogen-bond acceptors (Lipinski definition) is 1. The van der Waals surface area contributed by atoms with Gasteiger partial charge in [-0.15, -0.1) is 0 Å². The van der Waals surface area contributed by atoms with Crippen molar-refractivity contribution in [3.63, 3.8) is 0 Å². The fourth-order valence-corrected chi connectivity index (χ4v) is 2.19. The lowest BCUT2D eigenvalue weighted by Gasteiger charge is -2.33. The second-order valence-electron chi connectivity index (χ2n) is 3.53. The van der Waals surface area contributed by atoms with Crippen LogP contribution in [0.15, 0.2) is 11.6 Å². The van der Waals surface area contributed by atoms with Gasteiger partial charge in [0.25, 0.3) is 0 Å². The highest BCUT2D eigenvalue weighted by molar-refractivity contribution is 5.35. The monoisotopic (exact) mass is 133 g/mol. The molecule has 0 atom stereocenters. The molecule has 0 heterocycles. The Morgan fingerprint density at radius 1 is 1.40 bits per heavy atom. The standard InChI is InChI=1S/C9H11N/c10-7-8-5-9(6-8)3-1-2-4-9/h5H,1-4,6H2. The molecule has 10 heavy (non-hydrogen) atoms. The van der Waals surface area contributed by atoms with Crippen molar-refractivity contribution in [1.29, 1.82) is 5.26 Å². The molecule has 1 nitrogen and oxygen atoms in total. The van der Waals surface area contributed by atoms with Gasteiger partial charge in [-0.25, -0.2) is 0 Å². The van der Waals surface area contributed by atoms with E-state index in [2.05, 4.69) is 12.1 Å². The van der Waals surface area contributed by atoms with Crippen molar-refractivity contribution in [2.75, 3.05) is 0 Å². The molecule has 0 radical (unpaired) electrons. The van der Waals surface area contributed by atoms with Crippen LogP contribution < -0.4 is 0 Å². The van der Waals surface area contributed by atoms with Gasteiger partial charge in [-0.3, -0.25) is 0 Å². The van der Waals surface area contributed by atoms with E-state index < -0.39 is 0 Å². The summed E-state index contributed by atoms with van der Waals surface area (Å²) in [4.78, 5) is 0. The summed E-state index contributed by atoms with van der Waals surface area (Å²) >= 11 is 0. The van der Waals surface area contributed by atoms with E-state index in [0.717, 1.165) is 12.0 Å². The van der Waals surface area contributed by atoms with E-state index in [9.17, 15) is 0 Å². The molecule has 2 aliphatic carbocycles. The molecule has 0 aromatic rings. The Morgan fingerprint density at radius 2 is 2.00 bits per heavy atom. The van der Waals surface area contributed by atoms with Crippen molar-refractivity contribution < 1.29 is 0 Å². The fourth-order valence-electron chi connectivity index (χ4n) is 2.19. The van der Waals surface area contributed by atoms with Gasteiger partial charge >= 0.3 is 0 Å². The topological polar surface area (TPSA) is 23.8 Å². The van der Waals surface area contributed by atoms with Crippen LogP contribution in [0.3, 0.4) is 0 Å². The summed E-state index contributed by atoms with van der Waals surface area (Å²) < 4.78 is 0. The molecule has 52 valence electrons. The van der Waals surface area contributed by atoms with Crippen LogP contribution in [-0.2, 0) is 0 Å². The average molecular weight is 133 g/mol. The summed E-state index contributed by atoms with van der Waals surface area (Å²) in [5, 5.41) is 8.51. The minimum Gasteiger partial charge on any atom is -0.193 e. The second-order valence-corrected chi connectivity index (χ2v) is 3.53. The zero-order chi connectivity index (χ0) is 7.03. The summed E-state index contributed by atoms with van der Waals surface area (Å²) in [7, 11) is 0. The van der Waals surface area contributed by atoms with E-state index in [0.29, 0.717) is 5.41 Å². The van der Waals surface area contributed by atoms with Crippen molar-refractivity contribution >= 4 is 0 Å². The molecule has 0 saturated heterocycles. The van der Waals surface area contributed by atoms with E-state index >= 15 is 0 Å². The van der Waals surface area contributed by atoms with Crippen LogP contribution in [0.4, 0.5) is 0 Å². The maximum absolute atomic E-state index is 8.51. The van der Waals surface area contributed by atoms with Gasteiger partial charge in [0.05, 0.1) is 6.07 Å². The van der Waals surface area contributed by atoms with Crippen molar-refractivity contribution in [2.24, 2.45) is 5.41 Å². The molecule has 0 N–H and O–H groups in total. The van der Waals surface area contributed by atoms with E-state index in [1.165, 1.54) is 25.7 Å². The van der Waals surface area contributed by atoms with Gasteiger partial charge in [0.1, 0.15) is 0 Å². The molecule has 0 aromatic heterocycles. The van der Waals surface area contributed by atoms with E-state index in [-0.39, 0.29) is 0 Å². The van der Waals surface area contributed by atoms with Gasteiger partial charge < -0.3 is 0 Å². The second kappa shape index (κ2) is 1.85. The first-order valence-electron chi connectivity index (χ1n) is 3.97. The lowest BCUT2D eigenvalue weighted by molar-refractivity contribution is 0.352. The number of nitriles is 1. The summed E-state index contributed by atoms with van der Waals surface area (Å²) in [5.74, 6) is 0. The van der Waals surface area contributed by atoms with Crippen molar-refractivity contribution in [3.8, 4) is 6.07 Å². The predicted octanol–water partition coefficient (Wildman–Crippen LogP) is 2.40. The first-order valence-corrected chi connectivity index (χ1v) is 3.97. The Labute approximate surface area is 61.4 Å². The maximum Gasteiger partial charge on any atom is 0.0944 e. The third-order valence-electron chi connectivity index (χ3n) is 2.77. The predicted molar refractivity (Wildman–Crippen MR) is 39.2 cm³/mol. The largest absolute Gasteiger partial charge is 0.193 e. The van der Waals surface area contributed by atoms with Gasteiger partial charge in [0.2, 0.25) is 0 Å². The Morgan fingerprint density at radius 3 is 2.50 bits per heavy atom. The first kappa shape index (κ1) is 5.97. The van der Waals surface area contributed by atoms with Crippen LogP contribution in [0.25, 0.3) is 0 Å². The third kappa shape index (κ3) is 0.686. The lowest BCUT2D eigenvalue weighted by atomic mass is 9.70. The van der Waals surface area contributed by atoms with Crippen LogP contribution in [0.1, 0.15) is 32.1 Å². The molecule has 2 rings (SSSR count). The normalized spacial score (nSPS) is 27.3. The van der Waals surface area contributed by atoms with Gasteiger partial charge in [0, 0.05) is 5.57 Å². The lowest BCUT2D eigenvalue weighted by Crippen LogP contribution is -2.22. The molecule has 1 heteroatoms. The van der Waals surface area contributed by atoms with Gasteiger partial charge in [-0.05, 0) is 24.7 Å². The number of nitrogens with zero attached hydrogens (tertiary/aromatic N) is 1. The molecule has 1 spiro atoms. The fraction of sp³-hybridized carbons (Fsp3) is 0.667. The molecule has 1 saturated carbocycles. The van der Waals surface area contributed by atoms with Crippen LogP contribution in [0.5, 0.6) is 0 Å². The van der Waals surface area contributed by atoms with Crippen molar-refractivity contribution in [3.05, 3.63) is 11.6 Å². The minimum atomic E-state index is 0.505. The molecular formula is C9H11N. The molecular weight excluding hydrogens is 122 g/mol. The third-order valence-corrected chi connectivity index (χ3v) is 2.77.